The lowest BCUT2D eigenvalue weighted by Gasteiger charge is -2.19. The molecule has 0 unspecified atom stereocenters. The standard InChI is InChI=1S/C7H14N2O3S/c1-7(2,3)12-5(10)4-11-9-6(8)13/h4H2,1-3H3,(H3,8,9,13). The van der Waals surface area contributed by atoms with E-state index in [1.807, 2.05) is 0 Å². The Morgan fingerprint density at radius 2 is 2.08 bits per heavy atom. The summed E-state index contributed by atoms with van der Waals surface area (Å²) in [6, 6.07) is 0. The highest BCUT2D eigenvalue weighted by atomic mass is 32.1. The molecule has 76 valence electrons. The number of hydrogen-bond acceptors (Lipinski definition) is 4. The van der Waals surface area contributed by atoms with Crippen LogP contribution in [0.1, 0.15) is 20.8 Å². The van der Waals surface area contributed by atoms with Gasteiger partial charge in [0.05, 0.1) is 0 Å². The fourth-order valence-corrected chi connectivity index (χ4v) is 0.596. The highest BCUT2D eigenvalue weighted by Crippen LogP contribution is 2.06. The zero-order valence-electron chi connectivity index (χ0n) is 7.92. The van der Waals surface area contributed by atoms with Gasteiger partial charge in [0.15, 0.2) is 11.7 Å². The molecule has 3 N–H and O–H groups in total. The molecule has 6 heteroatoms. The zero-order valence-corrected chi connectivity index (χ0v) is 8.73. The Bertz CT molecular complexity index is 200. The monoisotopic (exact) mass is 206 g/mol. The van der Waals surface area contributed by atoms with E-state index in [9.17, 15) is 4.79 Å². The number of esters is 1. The summed E-state index contributed by atoms with van der Waals surface area (Å²) in [5, 5.41) is -0.0245. The molecule has 0 aliphatic heterocycles. The van der Waals surface area contributed by atoms with Crippen molar-refractivity contribution in [2.24, 2.45) is 5.73 Å². The lowest BCUT2D eigenvalue weighted by molar-refractivity contribution is -0.161. The van der Waals surface area contributed by atoms with E-state index in [1.54, 1.807) is 20.8 Å². The second kappa shape index (κ2) is 4.98. The van der Waals surface area contributed by atoms with Crippen LogP contribution in [0.4, 0.5) is 0 Å². The first kappa shape index (κ1) is 12.1. The molecule has 0 rings (SSSR count). The van der Waals surface area contributed by atoms with Gasteiger partial charge in [-0.2, -0.15) is 0 Å². The molecule has 13 heavy (non-hydrogen) atoms. The maximum Gasteiger partial charge on any atom is 0.335 e. The molecule has 5 nitrogen and oxygen atoms in total. The zero-order chi connectivity index (χ0) is 10.5. The molecule has 0 spiro atoms. The normalized spacial score (nSPS) is 10.7. The minimum absolute atomic E-state index is 0.0245. The van der Waals surface area contributed by atoms with Crippen LogP contribution in [0.2, 0.25) is 0 Å². The molecule has 0 saturated heterocycles. The van der Waals surface area contributed by atoms with Gasteiger partial charge in [-0.3, -0.25) is 4.84 Å². The second-order valence-corrected chi connectivity index (χ2v) is 3.78. The van der Waals surface area contributed by atoms with Gasteiger partial charge in [-0.25, -0.2) is 10.3 Å². The molecular formula is C7H14N2O3S. The number of nitrogens with two attached hydrogens (primary N) is 1. The minimum atomic E-state index is -0.510. The molecule has 0 aromatic carbocycles. The van der Waals surface area contributed by atoms with Crippen LogP contribution in [0.15, 0.2) is 0 Å². The highest BCUT2D eigenvalue weighted by molar-refractivity contribution is 7.80. The summed E-state index contributed by atoms with van der Waals surface area (Å²) in [6.07, 6.45) is 0. The first-order valence-corrected chi connectivity index (χ1v) is 4.11. The van der Waals surface area contributed by atoms with Gasteiger partial charge in [-0.05, 0) is 33.0 Å². The quantitative estimate of drug-likeness (QED) is 0.387. The van der Waals surface area contributed by atoms with Gasteiger partial charge in [0.25, 0.3) is 0 Å². The topological polar surface area (TPSA) is 73.6 Å². The van der Waals surface area contributed by atoms with Crippen LogP contribution in [-0.2, 0) is 14.4 Å². The van der Waals surface area contributed by atoms with Crippen LogP contribution in [0.5, 0.6) is 0 Å². The molecule has 0 aliphatic carbocycles. The fourth-order valence-electron chi connectivity index (χ4n) is 0.537. The highest BCUT2D eigenvalue weighted by Gasteiger charge is 2.16. The van der Waals surface area contributed by atoms with Crippen molar-refractivity contribution < 1.29 is 14.4 Å². The largest absolute Gasteiger partial charge is 0.458 e. The summed E-state index contributed by atoms with van der Waals surface area (Å²) in [6.45, 7) is 5.08. The van der Waals surface area contributed by atoms with Crippen molar-refractivity contribution in [3.05, 3.63) is 0 Å². The number of thiocarbonyl (C=S) groups is 1. The number of hydrogen-bond donors (Lipinski definition) is 2. The van der Waals surface area contributed by atoms with E-state index in [0.717, 1.165) is 0 Å². The predicted molar refractivity (Wildman–Crippen MR) is 51.7 cm³/mol. The summed E-state index contributed by atoms with van der Waals surface area (Å²) in [4.78, 5) is 15.6. The Morgan fingerprint density at radius 1 is 1.54 bits per heavy atom. The average molecular weight is 206 g/mol. The molecule has 0 saturated carbocycles. The first-order chi connectivity index (χ1) is 5.81. The van der Waals surface area contributed by atoms with Crippen molar-refractivity contribution in [3.8, 4) is 0 Å². The summed E-state index contributed by atoms with van der Waals surface area (Å²) in [5.41, 5.74) is 6.71. The van der Waals surface area contributed by atoms with Crippen LogP contribution >= 0.6 is 12.2 Å². The SMILES string of the molecule is CC(C)(C)OC(=O)CONC(N)=S. The molecule has 0 fully saturated rings. The third-order valence-electron chi connectivity index (χ3n) is 0.783. The van der Waals surface area contributed by atoms with Crippen molar-refractivity contribution in [2.45, 2.75) is 26.4 Å². The number of hydroxylamine groups is 1. The molecule has 0 heterocycles. The Hall–Kier alpha value is -0.880. The van der Waals surface area contributed by atoms with Gasteiger partial charge in [0.2, 0.25) is 0 Å². The Labute approximate surface area is 82.5 Å². The van der Waals surface area contributed by atoms with Crippen LogP contribution in [0, 0.1) is 0 Å². The van der Waals surface area contributed by atoms with E-state index < -0.39 is 11.6 Å². The van der Waals surface area contributed by atoms with Crippen molar-refractivity contribution in [2.75, 3.05) is 6.61 Å². The maximum absolute atomic E-state index is 11.0. The van der Waals surface area contributed by atoms with Crippen LogP contribution in [0.25, 0.3) is 0 Å². The number of ether oxygens (including phenoxy) is 1. The molecule has 0 bridgehead atoms. The minimum Gasteiger partial charge on any atom is -0.458 e. The van der Waals surface area contributed by atoms with Gasteiger partial charge < -0.3 is 10.5 Å². The maximum atomic E-state index is 11.0. The van der Waals surface area contributed by atoms with Crippen molar-refractivity contribution >= 4 is 23.3 Å². The third kappa shape index (κ3) is 9.03. The van der Waals surface area contributed by atoms with Gasteiger partial charge in [0, 0.05) is 0 Å². The van der Waals surface area contributed by atoms with E-state index in [0.29, 0.717) is 0 Å². The van der Waals surface area contributed by atoms with Gasteiger partial charge in [0.1, 0.15) is 5.60 Å². The second-order valence-electron chi connectivity index (χ2n) is 3.34. The summed E-state index contributed by atoms with van der Waals surface area (Å²) >= 11 is 4.45. The van der Waals surface area contributed by atoms with Gasteiger partial charge in [-0.15, -0.1) is 0 Å². The molecule has 0 aliphatic rings. The van der Waals surface area contributed by atoms with Crippen LogP contribution in [-0.4, -0.2) is 23.3 Å². The predicted octanol–water partition coefficient (Wildman–Crippen LogP) is 0.0929. The van der Waals surface area contributed by atoms with E-state index in [-0.39, 0.29) is 11.7 Å². The van der Waals surface area contributed by atoms with Gasteiger partial charge in [-0.1, -0.05) is 0 Å². The number of carbonyl (C=O) groups excluding carboxylic acids is 1. The van der Waals surface area contributed by atoms with E-state index in [2.05, 4.69) is 22.5 Å². The lowest BCUT2D eigenvalue weighted by Crippen LogP contribution is -2.33. The summed E-state index contributed by atoms with van der Waals surface area (Å²) in [7, 11) is 0. The average Bonchev–Trinajstić information content (AvgIpc) is 1.81. The molecule has 0 radical (unpaired) electrons. The molecule has 0 amide bonds. The molecule has 0 aromatic heterocycles. The fraction of sp³-hybridized carbons (Fsp3) is 0.714. The van der Waals surface area contributed by atoms with Crippen molar-refractivity contribution in [1.82, 2.24) is 5.48 Å². The molecule has 0 aromatic rings. The smallest absolute Gasteiger partial charge is 0.335 e. The third-order valence-corrected chi connectivity index (χ3v) is 0.866. The molecular weight excluding hydrogens is 192 g/mol. The van der Waals surface area contributed by atoms with Crippen LogP contribution in [0.3, 0.4) is 0 Å². The summed E-state index contributed by atoms with van der Waals surface area (Å²) in [5.74, 6) is -0.476. The lowest BCUT2D eigenvalue weighted by atomic mass is 10.2. The molecule has 0 atom stereocenters. The number of rotatable bonds is 3. The van der Waals surface area contributed by atoms with Crippen LogP contribution < -0.4 is 11.2 Å². The van der Waals surface area contributed by atoms with Gasteiger partial charge >= 0.3 is 5.97 Å². The van der Waals surface area contributed by atoms with E-state index in [4.69, 9.17) is 10.5 Å². The first-order valence-electron chi connectivity index (χ1n) is 3.70. The number of nitrogens with one attached hydrogen (secondary N) is 1. The Balaban J connectivity index is 3.59. The van der Waals surface area contributed by atoms with Crippen molar-refractivity contribution in [1.29, 1.82) is 0 Å². The Kier molecular flexibility index (Phi) is 4.64. The van der Waals surface area contributed by atoms with E-state index in [1.165, 1.54) is 0 Å². The van der Waals surface area contributed by atoms with Crippen molar-refractivity contribution in [3.63, 3.8) is 0 Å². The Morgan fingerprint density at radius 3 is 2.46 bits per heavy atom. The number of carbonyl (C=O) groups is 1. The summed E-state index contributed by atoms with van der Waals surface area (Å²) < 4.78 is 4.93. The van der Waals surface area contributed by atoms with E-state index >= 15 is 0 Å².